The Bertz CT molecular complexity index is 794. The molecule has 1 aromatic carbocycles. The average molecular weight is 410 g/mol. The van der Waals surface area contributed by atoms with E-state index in [1.165, 1.54) is 14.0 Å². The highest BCUT2D eigenvalue weighted by molar-refractivity contribution is 7.89. The van der Waals surface area contributed by atoms with E-state index < -0.39 is 38.7 Å². The van der Waals surface area contributed by atoms with Crippen molar-refractivity contribution < 1.29 is 35.9 Å². The Labute approximate surface area is 155 Å². The second kappa shape index (κ2) is 8.03. The van der Waals surface area contributed by atoms with Gasteiger partial charge >= 0.3 is 12.1 Å². The minimum Gasteiger partial charge on any atom is -0.464 e. The van der Waals surface area contributed by atoms with Gasteiger partial charge in [-0.25, -0.2) is 13.2 Å². The number of carbonyl (C=O) groups is 1. The van der Waals surface area contributed by atoms with Gasteiger partial charge in [-0.1, -0.05) is 0 Å². The van der Waals surface area contributed by atoms with E-state index >= 15 is 0 Å². The number of anilines is 1. The zero-order valence-corrected chi connectivity index (χ0v) is 15.9. The molecular formula is C16H21F3N2O5S. The van der Waals surface area contributed by atoms with Gasteiger partial charge in [0.15, 0.2) is 0 Å². The SMILES string of the molecule is CCOC(=O)C(C)Nc1cc(C(F)(F)F)cc(S(=O)(=O)N(C)C[C@H]2CO2)c1. The number of hydrogen-bond donors (Lipinski definition) is 1. The summed E-state index contributed by atoms with van der Waals surface area (Å²) in [7, 11) is -2.90. The van der Waals surface area contributed by atoms with Crippen molar-refractivity contribution in [2.24, 2.45) is 0 Å². The fourth-order valence-corrected chi connectivity index (χ4v) is 3.58. The zero-order valence-electron chi connectivity index (χ0n) is 15.0. The Morgan fingerprint density at radius 1 is 1.41 bits per heavy atom. The van der Waals surface area contributed by atoms with Gasteiger partial charge in [0, 0.05) is 19.3 Å². The number of nitrogens with one attached hydrogen (secondary N) is 1. The van der Waals surface area contributed by atoms with E-state index in [2.05, 4.69) is 5.32 Å². The molecule has 27 heavy (non-hydrogen) atoms. The molecule has 1 fully saturated rings. The third-order valence-electron chi connectivity index (χ3n) is 3.83. The van der Waals surface area contributed by atoms with Crippen molar-refractivity contribution >= 4 is 21.7 Å². The maximum atomic E-state index is 13.2. The number of rotatable bonds is 8. The van der Waals surface area contributed by atoms with Crippen LogP contribution in [0.4, 0.5) is 18.9 Å². The summed E-state index contributed by atoms with van der Waals surface area (Å²) in [5, 5.41) is 2.56. The number of likely N-dealkylation sites (N-methyl/N-ethyl adjacent to an activating group) is 1. The van der Waals surface area contributed by atoms with Crippen LogP contribution < -0.4 is 5.32 Å². The molecule has 0 aliphatic carbocycles. The molecule has 152 valence electrons. The summed E-state index contributed by atoms with van der Waals surface area (Å²) in [6.45, 7) is 3.57. The van der Waals surface area contributed by atoms with Crippen LogP contribution in [-0.2, 0) is 30.5 Å². The topological polar surface area (TPSA) is 88.2 Å². The van der Waals surface area contributed by atoms with Crippen LogP contribution in [0.5, 0.6) is 0 Å². The highest BCUT2D eigenvalue weighted by Crippen LogP contribution is 2.34. The van der Waals surface area contributed by atoms with Crippen molar-refractivity contribution in [1.29, 1.82) is 0 Å². The van der Waals surface area contributed by atoms with Crippen LogP contribution in [0.1, 0.15) is 19.4 Å². The lowest BCUT2D eigenvalue weighted by Gasteiger charge is -2.20. The number of epoxide rings is 1. The summed E-state index contributed by atoms with van der Waals surface area (Å²) < 4.78 is 75.6. The maximum absolute atomic E-state index is 13.2. The molecule has 2 atom stereocenters. The molecule has 0 radical (unpaired) electrons. The standard InChI is InChI=1S/C16H21F3N2O5S/c1-4-25-15(22)10(2)20-12-5-11(16(17,18)19)6-14(7-12)27(23,24)21(3)8-13-9-26-13/h5-7,10,13,20H,4,8-9H2,1-3H3/t10?,13-/m0/s1. The second-order valence-electron chi connectivity index (χ2n) is 6.10. The molecule has 0 aromatic heterocycles. The van der Waals surface area contributed by atoms with Crippen molar-refractivity contribution in [1.82, 2.24) is 4.31 Å². The van der Waals surface area contributed by atoms with E-state index in [4.69, 9.17) is 9.47 Å². The van der Waals surface area contributed by atoms with Gasteiger partial charge in [-0.2, -0.15) is 17.5 Å². The summed E-state index contributed by atoms with van der Waals surface area (Å²) in [5.74, 6) is -0.665. The lowest BCUT2D eigenvalue weighted by atomic mass is 10.2. The molecule has 0 saturated carbocycles. The molecule has 0 amide bonds. The summed E-state index contributed by atoms with van der Waals surface area (Å²) >= 11 is 0. The fraction of sp³-hybridized carbons (Fsp3) is 0.562. The molecule has 2 rings (SSSR count). The number of esters is 1. The number of ether oxygens (including phenoxy) is 2. The van der Waals surface area contributed by atoms with Crippen LogP contribution in [0.15, 0.2) is 23.1 Å². The number of hydrogen-bond acceptors (Lipinski definition) is 6. The Balaban J connectivity index is 2.37. The molecule has 7 nitrogen and oxygen atoms in total. The molecule has 0 bridgehead atoms. The van der Waals surface area contributed by atoms with Crippen molar-refractivity contribution in [2.75, 3.05) is 32.1 Å². The molecule has 1 aromatic rings. The van der Waals surface area contributed by atoms with Gasteiger partial charge in [0.25, 0.3) is 0 Å². The van der Waals surface area contributed by atoms with Crippen LogP contribution >= 0.6 is 0 Å². The Hall–Kier alpha value is -1.85. The fourth-order valence-electron chi connectivity index (χ4n) is 2.31. The van der Waals surface area contributed by atoms with Crippen LogP contribution in [0.2, 0.25) is 0 Å². The summed E-state index contributed by atoms with van der Waals surface area (Å²) in [6, 6.07) is 1.42. The van der Waals surface area contributed by atoms with Gasteiger partial charge in [0.2, 0.25) is 10.0 Å². The third-order valence-corrected chi connectivity index (χ3v) is 5.63. The quantitative estimate of drug-likeness (QED) is 0.522. The summed E-state index contributed by atoms with van der Waals surface area (Å²) in [6.07, 6.45) is -5.01. The average Bonchev–Trinajstić information content (AvgIpc) is 3.37. The van der Waals surface area contributed by atoms with Crippen molar-refractivity contribution in [3.8, 4) is 0 Å². The molecule has 1 N–H and O–H groups in total. The monoisotopic (exact) mass is 410 g/mol. The lowest BCUT2D eigenvalue weighted by Crippen LogP contribution is -2.31. The number of alkyl halides is 3. The maximum Gasteiger partial charge on any atom is 0.416 e. The number of nitrogens with zero attached hydrogens (tertiary/aromatic N) is 1. The molecule has 1 saturated heterocycles. The first-order chi connectivity index (χ1) is 12.4. The van der Waals surface area contributed by atoms with Gasteiger partial charge in [0.1, 0.15) is 6.04 Å². The van der Waals surface area contributed by atoms with E-state index in [1.807, 2.05) is 0 Å². The van der Waals surface area contributed by atoms with Gasteiger partial charge in [-0.15, -0.1) is 0 Å². The van der Waals surface area contributed by atoms with E-state index in [9.17, 15) is 26.4 Å². The first kappa shape index (κ1) is 21.5. The second-order valence-corrected chi connectivity index (χ2v) is 8.15. The van der Waals surface area contributed by atoms with E-state index in [0.29, 0.717) is 12.7 Å². The van der Waals surface area contributed by atoms with E-state index in [-0.39, 0.29) is 24.9 Å². The number of carbonyl (C=O) groups excluding carboxylic acids is 1. The summed E-state index contributed by atoms with van der Waals surface area (Å²) in [4.78, 5) is 11.2. The molecular weight excluding hydrogens is 389 g/mol. The summed E-state index contributed by atoms with van der Waals surface area (Å²) in [5.41, 5.74) is -1.29. The third kappa shape index (κ3) is 5.56. The first-order valence-electron chi connectivity index (χ1n) is 8.18. The largest absolute Gasteiger partial charge is 0.464 e. The van der Waals surface area contributed by atoms with Crippen LogP contribution in [-0.4, -0.2) is 57.6 Å². The predicted molar refractivity (Wildman–Crippen MR) is 90.7 cm³/mol. The normalized spacial score (nSPS) is 18.3. The molecule has 1 aliphatic heterocycles. The van der Waals surface area contributed by atoms with E-state index in [1.54, 1.807) is 6.92 Å². The van der Waals surface area contributed by atoms with Crippen LogP contribution in [0.3, 0.4) is 0 Å². The number of sulfonamides is 1. The zero-order chi connectivity index (χ0) is 20.4. The van der Waals surface area contributed by atoms with Crippen LogP contribution in [0, 0.1) is 0 Å². The smallest absolute Gasteiger partial charge is 0.416 e. The Kier molecular flexibility index (Phi) is 6.38. The highest BCUT2D eigenvalue weighted by Gasteiger charge is 2.35. The minimum atomic E-state index is -4.76. The molecule has 1 aliphatic rings. The lowest BCUT2D eigenvalue weighted by molar-refractivity contribution is -0.143. The first-order valence-corrected chi connectivity index (χ1v) is 9.62. The van der Waals surface area contributed by atoms with Crippen LogP contribution in [0.25, 0.3) is 0 Å². The van der Waals surface area contributed by atoms with Gasteiger partial charge < -0.3 is 14.8 Å². The van der Waals surface area contributed by atoms with Crippen molar-refractivity contribution in [2.45, 2.75) is 37.1 Å². The predicted octanol–water partition coefficient (Wildman–Crippen LogP) is 2.09. The molecule has 1 unspecified atom stereocenters. The van der Waals surface area contributed by atoms with Gasteiger partial charge in [-0.05, 0) is 32.0 Å². The van der Waals surface area contributed by atoms with Gasteiger partial charge in [0.05, 0.1) is 29.8 Å². The van der Waals surface area contributed by atoms with E-state index in [0.717, 1.165) is 16.4 Å². The highest BCUT2D eigenvalue weighted by atomic mass is 32.2. The minimum absolute atomic E-state index is 0.0422. The molecule has 0 spiro atoms. The Morgan fingerprint density at radius 2 is 2.04 bits per heavy atom. The Morgan fingerprint density at radius 3 is 2.56 bits per heavy atom. The number of halogens is 3. The molecule has 11 heteroatoms. The molecule has 1 heterocycles. The van der Waals surface area contributed by atoms with Crippen molar-refractivity contribution in [3.63, 3.8) is 0 Å². The van der Waals surface area contributed by atoms with Gasteiger partial charge in [-0.3, -0.25) is 0 Å². The number of benzene rings is 1. The van der Waals surface area contributed by atoms with Crippen molar-refractivity contribution in [3.05, 3.63) is 23.8 Å².